The van der Waals surface area contributed by atoms with Crippen LogP contribution in [0, 0.1) is 0 Å². The molecule has 1 aromatic carbocycles. The minimum Gasteiger partial charge on any atom is -0.365 e. The average molecular weight is 283 g/mol. The van der Waals surface area contributed by atoms with E-state index in [2.05, 4.69) is 5.10 Å². The fraction of sp³-hybridized carbons (Fsp3) is 0.231. The Morgan fingerprint density at radius 1 is 1.30 bits per heavy atom. The second kappa shape index (κ2) is 4.99. The Kier molecular flexibility index (Phi) is 3.52. The van der Waals surface area contributed by atoms with Gasteiger partial charge in [-0.1, -0.05) is 30.3 Å². The van der Waals surface area contributed by atoms with Crippen LogP contribution < -0.4 is 5.73 Å². The normalized spacial score (nSPS) is 11.6. The fourth-order valence-electron chi connectivity index (χ4n) is 2.01. The van der Waals surface area contributed by atoms with Crippen molar-refractivity contribution in [3.05, 3.63) is 52.8 Å². The molecule has 0 bridgehead atoms. The molecule has 0 aliphatic carbocycles. The Labute approximate surface area is 113 Å². The lowest BCUT2D eigenvalue weighted by atomic mass is 10.0. The number of benzene rings is 1. The number of nitrogens with two attached hydrogens (primary N) is 1. The lowest BCUT2D eigenvalue weighted by molar-refractivity contribution is -0.141. The van der Waals surface area contributed by atoms with Crippen LogP contribution in [0.25, 0.3) is 0 Å². The molecule has 1 aromatic heterocycles. The van der Waals surface area contributed by atoms with Crippen LogP contribution in [-0.4, -0.2) is 15.7 Å². The number of carbonyl (C=O) groups is 1. The van der Waals surface area contributed by atoms with E-state index in [-0.39, 0.29) is 12.1 Å². The van der Waals surface area contributed by atoms with Gasteiger partial charge in [-0.15, -0.1) is 0 Å². The summed E-state index contributed by atoms with van der Waals surface area (Å²) in [6.45, 7) is 0. The van der Waals surface area contributed by atoms with E-state index in [0.717, 1.165) is 10.2 Å². The summed E-state index contributed by atoms with van der Waals surface area (Å²) in [5.74, 6) is -1.13. The van der Waals surface area contributed by atoms with Gasteiger partial charge < -0.3 is 5.73 Å². The zero-order valence-electron chi connectivity index (χ0n) is 10.6. The van der Waals surface area contributed by atoms with E-state index in [4.69, 9.17) is 5.73 Å². The first-order chi connectivity index (χ1) is 9.30. The maximum atomic E-state index is 12.9. The van der Waals surface area contributed by atoms with Crippen molar-refractivity contribution in [2.45, 2.75) is 12.6 Å². The summed E-state index contributed by atoms with van der Waals surface area (Å²) in [7, 11) is 1.36. The second-order valence-electron chi connectivity index (χ2n) is 4.32. The Hall–Kier alpha value is -2.31. The standard InChI is InChI=1S/C13H12F3N3O/c1-19-9(7-8-5-3-2-4-6-8)10(12(17)20)11(18-19)13(14,15)16/h2-6H,7H2,1H3,(H2,17,20). The highest BCUT2D eigenvalue weighted by Gasteiger charge is 2.40. The number of hydrogen-bond acceptors (Lipinski definition) is 2. The maximum Gasteiger partial charge on any atom is 0.435 e. The van der Waals surface area contributed by atoms with Crippen molar-refractivity contribution in [1.82, 2.24) is 9.78 Å². The maximum absolute atomic E-state index is 12.9. The zero-order chi connectivity index (χ0) is 14.9. The highest BCUT2D eigenvalue weighted by atomic mass is 19.4. The summed E-state index contributed by atoms with van der Waals surface area (Å²) < 4.78 is 39.6. The number of aromatic nitrogens is 2. The number of aryl methyl sites for hydroxylation is 1. The molecule has 0 atom stereocenters. The number of alkyl halides is 3. The second-order valence-corrected chi connectivity index (χ2v) is 4.32. The molecule has 0 radical (unpaired) electrons. The van der Waals surface area contributed by atoms with Crippen molar-refractivity contribution < 1.29 is 18.0 Å². The van der Waals surface area contributed by atoms with Gasteiger partial charge in [0, 0.05) is 13.5 Å². The van der Waals surface area contributed by atoms with Crippen LogP contribution in [0.4, 0.5) is 13.2 Å². The molecule has 0 fully saturated rings. The highest BCUT2D eigenvalue weighted by molar-refractivity contribution is 5.95. The minimum atomic E-state index is -4.71. The number of halogens is 3. The first-order valence-electron chi connectivity index (χ1n) is 5.77. The van der Waals surface area contributed by atoms with Crippen LogP contribution in [0.15, 0.2) is 30.3 Å². The summed E-state index contributed by atoms with van der Waals surface area (Å²) in [6, 6.07) is 8.83. The van der Waals surface area contributed by atoms with E-state index in [1.54, 1.807) is 30.3 Å². The minimum absolute atomic E-state index is 0.149. The summed E-state index contributed by atoms with van der Waals surface area (Å²) in [4.78, 5) is 11.4. The summed E-state index contributed by atoms with van der Waals surface area (Å²) in [6.07, 6.45) is -4.56. The molecule has 2 N–H and O–H groups in total. The molecule has 0 saturated heterocycles. The largest absolute Gasteiger partial charge is 0.435 e. The van der Waals surface area contributed by atoms with Gasteiger partial charge >= 0.3 is 6.18 Å². The molecule has 0 aliphatic heterocycles. The van der Waals surface area contributed by atoms with E-state index in [1.165, 1.54) is 7.05 Å². The average Bonchev–Trinajstić information content (AvgIpc) is 2.68. The summed E-state index contributed by atoms with van der Waals surface area (Å²) in [5.41, 5.74) is 4.20. The van der Waals surface area contributed by atoms with Crippen molar-refractivity contribution in [3.63, 3.8) is 0 Å². The van der Waals surface area contributed by atoms with Crippen molar-refractivity contribution in [1.29, 1.82) is 0 Å². The molecule has 0 spiro atoms. The molecule has 106 valence electrons. The topological polar surface area (TPSA) is 60.9 Å². The van der Waals surface area contributed by atoms with Gasteiger partial charge in [0.25, 0.3) is 5.91 Å². The molecule has 0 aliphatic rings. The van der Waals surface area contributed by atoms with Crippen molar-refractivity contribution in [3.8, 4) is 0 Å². The third kappa shape index (κ3) is 2.66. The first kappa shape index (κ1) is 14.1. The summed E-state index contributed by atoms with van der Waals surface area (Å²) in [5, 5.41) is 3.39. The molecule has 4 nitrogen and oxygen atoms in total. The Morgan fingerprint density at radius 2 is 1.90 bits per heavy atom. The molecule has 2 aromatic rings. The van der Waals surface area contributed by atoms with Crippen LogP contribution in [0.2, 0.25) is 0 Å². The van der Waals surface area contributed by atoms with Gasteiger partial charge in [-0.25, -0.2) is 0 Å². The lowest BCUT2D eigenvalue weighted by Gasteiger charge is -2.06. The molecular formula is C13H12F3N3O. The van der Waals surface area contributed by atoms with Crippen LogP contribution in [-0.2, 0) is 19.6 Å². The van der Waals surface area contributed by atoms with E-state index in [0.29, 0.717) is 0 Å². The smallest absolute Gasteiger partial charge is 0.365 e. The van der Waals surface area contributed by atoms with Crippen LogP contribution in [0.5, 0.6) is 0 Å². The summed E-state index contributed by atoms with van der Waals surface area (Å²) >= 11 is 0. The van der Waals surface area contributed by atoms with E-state index in [9.17, 15) is 18.0 Å². The van der Waals surface area contributed by atoms with Crippen molar-refractivity contribution in [2.24, 2.45) is 12.8 Å². The molecule has 7 heteroatoms. The van der Waals surface area contributed by atoms with Gasteiger partial charge in [-0.3, -0.25) is 9.48 Å². The van der Waals surface area contributed by atoms with E-state index in [1.807, 2.05) is 0 Å². The predicted octanol–water partition coefficient (Wildman–Crippen LogP) is 2.13. The predicted molar refractivity (Wildman–Crippen MR) is 66.0 cm³/mol. The molecule has 0 unspecified atom stereocenters. The third-order valence-corrected chi connectivity index (χ3v) is 2.90. The third-order valence-electron chi connectivity index (χ3n) is 2.90. The lowest BCUT2D eigenvalue weighted by Crippen LogP contribution is -2.19. The first-order valence-corrected chi connectivity index (χ1v) is 5.77. The zero-order valence-corrected chi connectivity index (χ0v) is 10.6. The van der Waals surface area contributed by atoms with Gasteiger partial charge in [0.15, 0.2) is 5.69 Å². The van der Waals surface area contributed by atoms with E-state index >= 15 is 0 Å². The van der Waals surface area contributed by atoms with Crippen LogP contribution in [0.3, 0.4) is 0 Å². The van der Waals surface area contributed by atoms with Gasteiger partial charge in [0.05, 0.1) is 11.3 Å². The Bertz CT molecular complexity index is 632. The van der Waals surface area contributed by atoms with Crippen LogP contribution >= 0.6 is 0 Å². The number of nitrogens with zero attached hydrogens (tertiary/aromatic N) is 2. The number of rotatable bonds is 3. The number of primary amides is 1. The molecule has 1 amide bonds. The SMILES string of the molecule is Cn1nc(C(F)(F)F)c(C(N)=O)c1Cc1ccccc1. The molecule has 20 heavy (non-hydrogen) atoms. The Balaban J connectivity index is 2.53. The molecule has 2 rings (SSSR count). The van der Waals surface area contributed by atoms with Crippen molar-refractivity contribution >= 4 is 5.91 Å². The van der Waals surface area contributed by atoms with Crippen molar-refractivity contribution in [2.75, 3.05) is 0 Å². The number of carbonyl (C=O) groups excluding carboxylic acids is 1. The number of amides is 1. The molecule has 0 saturated carbocycles. The quantitative estimate of drug-likeness (QED) is 0.938. The van der Waals surface area contributed by atoms with Gasteiger partial charge in [0.1, 0.15) is 0 Å². The van der Waals surface area contributed by atoms with Gasteiger partial charge in [0.2, 0.25) is 0 Å². The van der Waals surface area contributed by atoms with Gasteiger partial charge in [-0.05, 0) is 5.56 Å². The molecule has 1 heterocycles. The number of hydrogen-bond donors (Lipinski definition) is 1. The van der Waals surface area contributed by atoms with E-state index < -0.39 is 23.3 Å². The van der Waals surface area contributed by atoms with Crippen LogP contribution in [0.1, 0.15) is 27.3 Å². The van der Waals surface area contributed by atoms with Gasteiger partial charge in [-0.2, -0.15) is 18.3 Å². The monoisotopic (exact) mass is 283 g/mol. The molecular weight excluding hydrogens is 271 g/mol. The highest BCUT2D eigenvalue weighted by Crippen LogP contribution is 2.32. The fourth-order valence-corrected chi connectivity index (χ4v) is 2.01. The Morgan fingerprint density at radius 3 is 2.40 bits per heavy atom.